The maximum atomic E-state index is 11.2. The van der Waals surface area contributed by atoms with Gasteiger partial charge in [-0.2, -0.15) is 0 Å². The van der Waals surface area contributed by atoms with Crippen molar-refractivity contribution < 1.29 is 14.7 Å². The predicted molar refractivity (Wildman–Crippen MR) is 54.0 cm³/mol. The number of ketones is 1. The smallest absolute Gasteiger partial charge is 0.304 e. The van der Waals surface area contributed by atoms with Crippen LogP contribution in [-0.4, -0.2) is 22.9 Å². The molecule has 0 aromatic rings. The highest BCUT2D eigenvalue weighted by molar-refractivity contribution is 5.79. The number of rotatable bonds is 8. The van der Waals surface area contributed by atoms with Crippen molar-refractivity contribution in [3.05, 3.63) is 0 Å². The molecule has 0 rings (SSSR count). The van der Waals surface area contributed by atoms with Crippen molar-refractivity contribution in [1.82, 2.24) is 0 Å². The van der Waals surface area contributed by atoms with Gasteiger partial charge < -0.3 is 10.8 Å². The van der Waals surface area contributed by atoms with E-state index in [1.807, 2.05) is 0 Å². The van der Waals surface area contributed by atoms with Crippen molar-refractivity contribution >= 4 is 11.8 Å². The molecule has 3 N–H and O–H groups in total. The highest BCUT2D eigenvalue weighted by Crippen LogP contribution is 2.04. The van der Waals surface area contributed by atoms with E-state index in [0.29, 0.717) is 6.42 Å². The van der Waals surface area contributed by atoms with Gasteiger partial charge in [-0.05, 0) is 6.42 Å². The van der Waals surface area contributed by atoms with E-state index >= 15 is 0 Å². The Hall–Kier alpha value is -0.900. The van der Waals surface area contributed by atoms with Crippen LogP contribution in [0.4, 0.5) is 0 Å². The number of carbonyl (C=O) groups excluding carboxylic acids is 1. The van der Waals surface area contributed by atoms with Crippen LogP contribution in [0.1, 0.15) is 45.4 Å². The van der Waals surface area contributed by atoms with E-state index in [0.717, 1.165) is 19.3 Å². The summed E-state index contributed by atoms with van der Waals surface area (Å²) >= 11 is 0. The molecule has 0 radical (unpaired) electrons. The van der Waals surface area contributed by atoms with Crippen LogP contribution in [-0.2, 0) is 9.59 Å². The lowest BCUT2D eigenvalue weighted by Gasteiger charge is -2.07. The van der Waals surface area contributed by atoms with Crippen LogP contribution < -0.4 is 5.73 Å². The second-order valence-corrected chi connectivity index (χ2v) is 3.56. The van der Waals surface area contributed by atoms with E-state index in [1.54, 1.807) is 0 Å². The molecule has 0 bridgehead atoms. The van der Waals surface area contributed by atoms with E-state index in [2.05, 4.69) is 6.92 Å². The van der Waals surface area contributed by atoms with Gasteiger partial charge in [0.05, 0.1) is 6.42 Å². The molecule has 0 saturated carbocycles. The van der Waals surface area contributed by atoms with Crippen LogP contribution >= 0.6 is 0 Å². The zero-order valence-electron chi connectivity index (χ0n) is 8.66. The zero-order chi connectivity index (χ0) is 11.0. The summed E-state index contributed by atoms with van der Waals surface area (Å²) < 4.78 is 0. The number of carboxylic acid groups (broad SMARTS) is 1. The molecule has 0 spiro atoms. The van der Waals surface area contributed by atoms with Crippen LogP contribution in [0, 0.1) is 0 Å². The summed E-state index contributed by atoms with van der Waals surface area (Å²) in [5.41, 5.74) is 5.48. The Bertz CT molecular complexity index is 192. The molecule has 0 aromatic heterocycles. The first kappa shape index (κ1) is 13.1. The molecule has 0 fully saturated rings. The van der Waals surface area contributed by atoms with Gasteiger partial charge in [0, 0.05) is 18.9 Å². The average Bonchev–Trinajstić information content (AvgIpc) is 2.02. The van der Waals surface area contributed by atoms with Crippen molar-refractivity contribution in [3.63, 3.8) is 0 Å². The lowest BCUT2D eigenvalue weighted by Crippen LogP contribution is -2.26. The summed E-state index contributed by atoms with van der Waals surface area (Å²) in [6, 6.07) is -0.526. The maximum Gasteiger partial charge on any atom is 0.304 e. The minimum absolute atomic E-state index is 0.0761. The minimum atomic E-state index is -0.946. The molecule has 0 saturated heterocycles. The van der Waals surface area contributed by atoms with Gasteiger partial charge in [-0.15, -0.1) is 0 Å². The number of unbranched alkanes of at least 4 members (excludes halogenated alkanes) is 2. The Morgan fingerprint density at radius 3 is 2.43 bits per heavy atom. The summed E-state index contributed by atoms with van der Waals surface area (Å²) in [6.45, 7) is 2.07. The fraction of sp³-hybridized carbons (Fsp3) is 0.800. The standard InChI is InChI=1S/C10H19NO3/c1-2-3-4-5-9(12)6-8(11)7-10(13)14/h8H,2-7,11H2,1H3,(H,13,14). The van der Waals surface area contributed by atoms with Crippen LogP contribution in [0.3, 0.4) is 0 Å². The number of nitrogens with two attached hydrogens (primary N) is 1. The van der Waals surface area contributed by atoms with Crippen LogP contribution in [0.25, 0.3) is 0 Å². The zero-order valence-corrected chi connectivity index (χ0v) is 8.66. The summed E-state index contributed by atoms with van der Waals surface area (Å²) in [5, 5.41) is 8.42. The topological polar surface area (TPSA) is 80.4 Å². The van der Waals surface area contributed by atoms with Gasteiger partial charge in [-0.3, -0.25) is 9.59 Å². The van der Waals surface area contributed by atoms with Crippen LogP contribution in [0.2, 0.25) is 0 Å². The summed E-state index contributed by atoms with van der Waals surface area (Å²) in [5.74, 6) is -0.869. The molecule has 4 nitrogen and oxygen atoms in total. The molecule has 1 unspecified atom stereocenters. The molecule has 82 valence electrons. The number of Topliss-reactive ketones (excluding diaryl/α,β-unsaturated/α-hetero) is 1. The van der Waals surface area contributed by atoms with Gasteiger partial charge in [0.25, 0.3) is 0 Å². The number of aliphatic carboxylic acids is 1. The van der Waals surface area contributed by atoms with Crippen molar-refractivity contribution in [3.8, 4) is 0 Å². The average molecular weight is 201 g/mol. The van der Waals surface area contributed by atoms with Gasteiger partial charge in [-0.25, -0.2) is 0 Å². The van der Waals surface area contributed by atoms with Crippen LogP contribution in [0.15, 0.2) is 0 Å². The van der Waals surface area contributed by atoms with Gasteiger partial charge in [0.15, 0.2) is 0 Å². The van der Waals surface area contributed by atoms with Gasteiger partial charge in [-0.1, -0.05) is 19.8 Å². The van der Waals surface area contributed by atoms with Crippen molar-refractivity contribution in [2.45, 2.75) is 51.5 Å². The molecule has 0 aliphatic rings. The highest BCUT2D eigenvalue weighted by Gasteiger charge is 2.12. The third-order valence-corrected chi connectivity index (χ3v) is 1.99. The van der Waals surface area contributed by atoms with Crippen LogP contribution in [0.5, 0.6) is 0 Å². The Kier molecular flexibility index (Phi) is 7.02. The highest BCUT2D eigenvalue weighted by atomic mass is 16.4. The summed E-state index contributed by atoms with van der Waals surface area (Å²) in [7, 11) is 0. The SMILES string of the molecule is CCCCCC(=O)CC(N)CC(=O)O. The molecule has 0 aliphatic heterocycles. The monoisotopic (exact) mass is 201 g/mol. The number of carbonyl (C=O) groups is 2. The predicted octanol–water partition coefficient (Wildman–Crippen LogP) is 1.33. The third-order valence-electron chi connectivity index (χ3n) is 1.99. The molecule has 14 heavy (non-hydrogen) atoms. The second kappa shape index (κ2) is 7.50. The molecular formula is C10H19NO3. The third kappa shape index (κ3) is 7.73. The van der Waals surface area contributed by atoms with E-state index in [9.17, 15) is 9.59 Å². The molecule has 0 amide bonds. The Labute approximate surface area is 84.5 Å². The summed E-state index contributed by atoms with van der Waals surface area (Å²) in [4.78, 5) is 21.5. The molecule has 1 atom stereocenters. The quantitative estimate of drug-likeness (QED) is 0.580. The number of carboxylic acids is 1. The lowest BCUT2D eigenvalue weighted by molar-refractivity contribution is -0.137. The summed E-state index contributed by atoms with van der Waals surface area (Å²) in [6.07, 6.45) is 3.60. The van der Waals surface area contributed by atoms with E-state index in [1.165, 1.54) is 0 Å². The molecule has 0 aliphatic carbocycles. The molecule has 4 heteroatoms. The fourth-order valence-corrected chi connectivity index (χ4v) is 1.26. The van der Waals surface area contributed by atoms with Crippen molar-refractivity contribution in [2.75, 3.05) is 0 Å². The minimum Gasteiger partial charge on any atom is -0.481 e. The van der Waals surface area contributed by atoms with E-state index in [-0.39, 0.29) is 18.6 Å². The van der Waals surface area contributed by atoms with E-state index in [4.69, 9.17) is 10.8 Å². The van der Waals surface area contributed by atoms with Crippen molar-refractivity contribution in [2.24, 2.45) is 5.73 Å². The Morgan fingerprint density at radius 1 is 1.29 bits per heavy atom. The maximum absolute atomic E-state index is 11.2. The molecule has 0 heterocycles. The Balaban J connectivity index is 3.55. The molecule has 0 aromatic carbocycles. The Morgan fingerprint density at radius 2 is 1.93 bits per heavy atom. The first-order valence-electron chi connectivity index (χ1n) is 5.05. The largest absolute Gasteiger partial charge is 0.481 e. The van der Waals surface area contributed by atoms with Gasteiger partial charge >= 0.3 is 5.97 Å². The van der Waals surface area contributed by atoms with Gasteiger partial charge in [0.2, 0.25) is 0 Å². The van der Waals surface area contributed by atoms with Crippen molar-refractivity contribution in [1.29, 1.82) is 0 Å². The van der Waals surface area contributed by atoms with E-state index < -0.39 is 12.0 Å². The fourth-order valence-electron chi connectivity index (χ4n) is 1.26. The number of hydrogen-bond acceptors (Lipinski definition) is 3. The first-order valence-corrected chi connectivity index (χ1v) is 5.05. The molecular weight excluding hydrogens is 182 g/mol. The second-order valence-electron chi connectivity index (χ2n) is 3.56. The normalized spacial score (nSPS) is 12.4. The number of hydrogen-bond donors (Lipinski definition) is 2. The first-order chi connectivity index (χ1) is 6.56. The van der Waals surface area contributed by atoms with Gasteiger partial charge in [0.1, 0.15) is 5.78 Å². The lowest BCUT2D eigenvalue weighted by atomic mass is 10.0.